The fourth-order valence-electron chi connectivity index (χ4n) is 1.50. The molecule has 1 aromatic rings. The van der Waals surface area contributed by atoms with E-state index in [1.54, 1.807) is 0 Å². The van der Waals surface area contributed by atoms with Crippen LogP contribution in [-0.4, -0.2) is 16.1 Å². The number of hydrogen-bond acceptors (Lipinski definition) is 2. The zero-order valence-electron chi connectivity index (χ0n) is 9.08. The van der Waals surface area contributed by atoms with Crippen LogP contribution in [0.5, 0.6) is 0 Å². The molecule has 17 heavy (non-hydrogen) atoms. The maximum atomic E-state index is 10.2. The Morgan fingerprint density at radius 1 is 1.00 bits per heavy atom. The predicted octanol–water partition coefficient (Wildman–Crippen LogP) is 2.76. The molecule has 2 aliphatic carbocycles. The molecule has 0 aliphatic heterocycles. The highest BCUT2D eigenvalue weighted by atomic mass is 16.4. The molecule has 3 rings (SSSR count). The number of hydrogen-bond donors (Lipinski definition) is 1. The molecule has 3 nitrogen and oxygen atoms in total. The minimum absolute atomic E-state index is 0.269. The maximum absolute atomic E-state index is 10.2. The highest BCUT2D eigenvalue weighted by Gasteiger charge is 2.04. The number of pyridine rings is 1. The molecule has 0 spiro atoms. The van der Waals surface area contributed by atoms with Gasteiger partial charge in [0.15, 0.2) is 0 Å². The van der Waals surface area contributed by atoms with E-state index in [1.165, 1.54) is 35.7 Å². The smallest absolute Gasteiger partial charge is 0.335 e. The first-order valence-electron chi connectivity index (χ1n) is 5.18. The molecule has 2 aliphatic rings. The Hall–Kier alpha value is -2.42. The summed E-state index contributed by atoms with van der Waals surface area (Å²) in [4.78, 5) is 13.8. The number of allylic oxidation sites excluding steroid dienone is 8. The van der Waals surface area contributed by atoms with Gasteiger partial charge in [-0.3, -0.25) is 4.98 Å². The second-order valence-corrected chi connectivity index (χ2v) is 3.50. The van der Waals surface area contributed by atoms with E-state index in [0.717, 1.165) is 0 Å². The Morgan fingerprint density at radius 3 is 1.94 bits per heavy atom. The van der Waals surface area contributed by atoms with Crippen molar-refractivity contribution in [3.63, 3.8) is 0 Å². The SMILES string of the molecule is C1=CC2=CC=CC2=C1.O=C(O)c1ccncc1. The summed E-state index contributed by atoms with van der Waals surface area (Å²) in [5, 5.41) is 8.36. The number of aromatic nitrogens is 1. The van der Waals surface area contributed by atoms with Crippen molar-refractivity contribution in [1.29, 1.82) is 0 Å². The van der Waals surface area contributed by atoms with E-state index in [1.807, 2.05) is 0 Å². The van der Waals surface area contributed by atoms with Crippen molar-refractivity contribution in [1.82, 2.24) is 4.98 Å². The van der Waals surface area contributed by atoms with Gasteiger partial charge >= 0.3 is 5.97 Å². The van der Waals surface area contributed by atoms with Crippen molar-refractivity contribution >= 4 is 5.97 Å². The summed E-state index contributed by atoms with van der Waals surface area (Å²) in [6.45, 7) is 0. The van der Waals surface area contributed by atoms with Crippen molar-refractivity contribution in [2.24, 2.45) is 0 Å². The van der Waals surface area contributed by atoms with Gasteiger partial charge < -0.3 is 5.11 Å². The van der Waals surface area contributed by atoms with Crippen LogP contribution in [0.3, 0.4) is 0 Å². The van der Waals surface area contributed by atoms with Crippen LogP contribution < -0.4 is 0 Å². The first-order valence-corrected chi connectivity index (χ1v) is 5.18. The minimum Gasteiger partial charge on any atom is -0.478 e. The van der Waals surface area contributed by atoms with E-state index in [9.17, 15) is 4.79 Å². The average Bonchev–Trinajstić information content (AvgIpc) is 2.93. The zero-order chi connectivity index (χ0) is 12.1. The predicted molar refractivity (Wildman–Crippen MR) is 65.6 cm³/mol. The molecule has 1 aromatic heterocycles. The van der Waals surface area contributed by atoms with Crippen LogP contribution in [0, 0.1) is 0 Å². The lowest BCUT2D eigenvalue weighted by Gasteiger charge is -1.87. The molecule has 0 bridgehead atoms. The zero-order valence-corrected chi connectivity index (χ0v) is 9.08. The fraction of sp³-hybridized carbons (Fsp3) is 0. The van der Waals surface area contributed by atoms with Gasteiger partial charge in [0.25, 0.3) is 0 Å². The molecule has 84 valence electrons. The van der Waals surface area contributed by atoms with Gasteiger partial charge in [-0.15, -0.1) is 0 Å². The third kappa shape index (κ3) is 2.78. The largest absolute Gasteiger partial charge is 0.478 e. The molecule has 0 fully saturated rings. The third-order valence-corrected chi connectivity index (χ3v) is 2.36. The molecule has 0 atom stereocenters. The summed E-state index contributed by atoms with van der Waals surface area (Å²) in [6, 6.07) is 2.89. The summed E-state index contributed by atoms with van der Waals surface area (Å²) in [5.74, 6) is -0.919. The van der Waals surface area contributed by atoms with Crippen molar-refractivity contribution in [2.45, 2.75) is 0 Å². The van der Waals surface area contributed by atoms with Gasteiger partial charge in [0.2, 0.25) is 0 Å². The molecule has 3 heteroatoms. The van der Waals surface area contributed by atoms with Crippen LogP contribution >= 0.6 is 0 Å². The number of fused-ring (bicyclic) bond motifs is 1. The number of aromatic carboxylic acids is 1. The molecule has 0 aromatic carbocycles. The van der Waals surface area contributed by atoms with Gasteiger partial charge in [0.1, 0.15) is 0 Å². The summed E-state index contributed by atoms with van der Waals surface area (Å²) in [5.41, 5.74) is 2.97. The second kappa shape index (κ2) is 5.07. The normalized spacial score (nSPS) is 14.6. The topological polar surface area (TPSA) is 50.2 Å². The number of carboxylic acids is 1. The lowest BCUT2D eigenvalue weighted by molar-refractivity contribution is 0.0697. The molecular weight excluding hydrogens is 214 g/mol. The quantitative estimate of drug-likeness (QED) is 0.799. The molecule has 1 heterocycles. The Labute approximate surface area is 99.1 Å². The van der Waals surface area contributed by atoms with Gasteiger partial charge in [-0.05, 0) is 23.3 Å². The monoisotopic (exact) mass is 225 g/mol. The number of rotatable bonds is 1. The molecule has 1 N–H and O–H groups in total. The Balaban J connectivity index is 0.000000127. The highest BCUT2D eigenvalue weighted by Crippen LogP contribution is 2.23. The van der Waals surface area contributed by atoms with E-state index >= 15 is 0 Å². The van der Waals surface area contributed by atoms with Crippen molar-refractivity contribution < 1.29 is 9.90 Å². The van der Waals surface area contributed by atoms with Gasteiger partial charge in [-0.25, -0.2) is 4.79 Å². The minimum atomic E-state index is -0.919. The molecule has 0 amide bonds. The first kappa shape index (κ1) is 11.1. The van der Waals surface area contributed by atoms with Gasteiger partial charge in [-0.2, -0.15) is 0 Å². The van der Waals surface area contributed by atoms with Crippen LogP contribution in [0.25, 0.3) is 0 Å². The van der Waals surface area contributed by atoms with E-state index < -0.39 is 5.97 Å². The lowest BCUT2D eigenvalue weighted by Crippen LogP contribution is -1.94. The van der Waals surface area contributed by atoms with Crippen LogP contribution in [0.1, 0.15) is 10.4 Å². The standard InChI is InChI=1S/C8H6.C6H5NO2/c1-3-7-5-2-6-8(7)4-1;8-6(9)5-1-3-7-4-2-5/h1-6H;1-4H,(H,8,9). The summed E-state index contributed by atoms with van der Waals surface area (Å²) in [6.07, 6.45) is 15.5. The van der Waals surface area contributed by atoms with Crippen molar-refractivity contribution in [3.8, 4) is 0 Å². The Kier molecular flexibility index (Phi) is 3.31. The Bertz CT molecular complexity index is 511. The van der Waals surface area contributed by atoms with Crippen molar-refractivity contribution in [2.75, 3.05) is 0 Å². The van der Waals surface area contributed by atoms with Crippen LogP contribution in [0.15, 0.2) is 72.1 Å². The van der Waals surface area contributed by atoms with E-state index in [2.05, 4.69) is 41.4 Å². The summed E-state index contributed by atoms with van der Waals surface area (Å²) < 4.78 is 0. The van der Waals surface area contributed by atoms with Gasteiger partial charge in [0.05, 0.1) is 5.56 Å². The molecular formula is C14H11NO2. The number of nitrogens with zero attached hydrogens (tertiary/aromatic N) is 1. The molecule has 0 unspecified atom stereocenters. The first-order chi connectivity index (χ1) is 8.27. The highest BCUT2D eigenvalue weighted by molar-refractivity contribution is 5.87. The van der Waals surface area contributed by atoms with Crippen LogP contribution in [0.2, 0.25) is 0 Å². The van der Waals surface area contributed by atoms with E-state index in [-0.39, 0.29) is 5.56 Å². The summed E-state index contributed by atoms with van der Waals surface area (Å²) in [7, 11) is 0. The maximum Gasteiger partial charge on any atom is 0.335 e. The molecule has 0 saturated carbocycles. The van der Waals surface area contributed by atoms with Crippen LogP contribution in [-0.2, 0) is 0 Å². The average molecular weight is 225 g/mol. The van der Waals surface area contributed by atoms with Gasteiger partial charge in [-0.1, -0.05) is 36.5 Å². The van der Waals surface area contributed by atoms with Gasteiger partial charge in [0, 0.05) is 12.4 Å². The molecule has 0 radical (unpaired) electrons. The second-order valence-electron chi connectivity index (χ2n) is 3.50. The Morgan fingerprint density at radius 2 is 1.53 bits per heavy atom. The summed E-state index contributed by atoms with van der Waals surface area (Å²) >= 11 is 0. The number of carboxylic acid groups (broad SMARTS) is 1. The van der Waals surface area contributed by atoms with E-state index in [4.69, 9.17) is 5.11 Å². The molecule has 0 saturated heterocycles. The lowest BCUT2D eigenvalue weighted by atomic mass is 10.2. The third-order valence-electron chi connectivity index (χ3n) is 2.36. The van der Waals surface area contributed by atoms with Crippen molar-refractivity contribution in [3.05, 3.63) is 77.7 Å². The van der Waals surface area contributed by atoms with Crippen LogP contribution in [0.4, 0.5) is 0 Å². The van der Waals surface area contributed by atoms with E-state index in [0.29, 0.717) is 0 Å². The fourth-order valence-corrected chi connectivity index (χ4v) is 1.50. The number of carbonyl (C=O) groups is 1.